The van der Waals surface area contributed by atoms with Crippen molar-refractivity contribution in [2.75, 3.05) is 26.3 Å². The molecule has 1 fully saturated rings. The van der Waals surface area contributed by atoms with Gasteiger partial charge in [-0.2, -0.15) is 0 Å². The van der Waals surface area contributed by atoms with Crippen molar-refractivity contribution in [1.29, 1.82) is 0 Å². The number of rotatable bonds is 7. The lowest BCUT2D eigenvalue weighted by molar-refractivity contribution is -0.150. The third kappa shape index (κ3) is 5.41. The van der Waals surface area contributed by atoms with Crippen LogP contribution < -0.4 is 4.72 Å². The molecular weight excluding hydrogens is 376 g/mol. The Bertz CT molecular complexity index is 764. The Morgan fingerprint density at radius 3 is 2.56 bits per heavy atom. The van der Waals surface area contributed by atoms with Crippen LogP contribution in [0.4, 0.5) is 4.79 Å². The molecule has 2 rings (SSSR count). The van der Waals surface area contributed by atoms with Crippen LogP contribution in [0, 0.1) is 0 Å². The lowest BCUT2D eigenvalue weighted by Gasteiger charge is -2.11. The molecule has 1 aromatic carbocycles. The minimum Gasteiger partial charge on any atom is -0.456 e. The van der Waals surface area contributed by atoms with E-state index >= 15 is 0 Å². The summed E-state index contributed by atoms with van der Waals surface area (Å²) < 4.78 is 35.5. The van der Waals surface area contributed by atoms with Crippen LogP contribution in [0.1, 0.15) is 6.42 Å². The number of sulfonamides is 1. The molecule has 1 aliphatic heterocycles. The number of nitrogens with zero attached hydrogens (tertiary/aromatic N) is 1. The highest BCUT2D eigenvalue weighted by Crippen LogP contribution is 2.13. The van der Waals surface area contributed by atoms with Crippen molar-refractivity contribution in [3.8, 4) is 0 Å². The molecule has 0 radical (unpaired) electrons. The molecule has 0 spiro atoms. The van der Waals surface area contributed by atoms with Crippen LogP contribution in [0.5, 0.6) is 0 Å². The predicted molar refractivity (Wildman–Crippen MR) is 85.3 cm³/mol. The zero-order chi connectivity index (χ0) is 18.4. The summed E-state index contributed by atoms with van der Waals surface area (Å²) in [7, 11) is -3.78. The third-order valence-corrected chi connectivity index (χ3v) is 4.89. The highest BCUT2D eigenvalue weighted by molar-refractivity contribution is 7.89. The molecule has 1 saturated heterocycles. The quantitative estimate of drug-likeness (QED) is 0.674. The summed E-state index contributed by atoms with van der Waals surface area (Å²) in [6.07, 6.45) is -1.05. The van der Waals surface area contributed by atoms with E-state index in [2.05, 4.69) is 9.46 Å². The molecule has 1 N–H and O–H groups in total. The van der Waals surface area contributed by atoms with Gasteiger partial charge in [0.15, 0.2) is 6.61 Å². The van der Waals surface area contributed by atoms with E-state index in [1.165, 1.54) is 24.3 Å². The molecule has 1 heterocycles. The lowest BCUT2D eigenvalue weighted by atomic mass is 10.4. The van der Waals surface area contributed by atoms with Crippen molar-refractivity contribution >= 4 is 39.6 Å². The summed E-state index contributed by atoms with van der Waals surface area (Å²) >= 11 is 5.69. The SMILES string of the molecule is O=C(CCNS(=O)(=O)c1ccc(Cl)cc1)OCC(=O)N1CCOC1=O. The molecule has 25 heavy (non-hydrogen) atoms. The molecule has 0 aliphatic carbocycles. The first-order valence-electron chi connectivity index (χ1n) is 7.17. The molecule has 136 valence electrons. The highest BCUT2D eigenvalue weighted by atomic mass is 35.5. The van der Waals surface area contributed by atoms with Gasteiger partial charge in [0, 0.05) is 11.6 Å². The fourth-order valence-electron chi connectivity index (χ4n) is 1.90. The van der Waals surface area contributed by atoms with Crippen molar-refractivity contribution in [3.63, 3.8) is 0 Å². The molecule has 9 nitrogen and oxygen atoms in total. The van der Waals surface area contributed by atoms with Gasteiger partial charge in [0.2, 0.25) is 10.0 Å². The van der Waals surface area contributed by atoms with E-state index in [4.69, 9.17) is 16.3 Å². The first kappa shape index (κ1) is 19.2. The number of halogens is 1. The Balaban J connectivity index is 1.73. The van der Waals surface area contributed by atoms with Crippen molar-refractivity contribution in [3.05, 3.63) is 29.3 Å². The zero-order valence-corrected chi connectivity index (χ0v) is 14.5. The number of hydrogen-bond acceptors (Lipinski definition) is 7. The van der Waals surface area contributed by atoms with Gasteiger partial charge in [-0.3, -0.25) is 9.59 Å². The summed E-state index contributed by atoms with van der Waals surface area (Å²) in [6, 6.07) is 5.52. The molecule has 0 bridgehead atoms. The van der Waals surface area contributed by atoms with E-state index in [1.54, 1.807) is 0 Å². The maximum atomic E-state index is 12.0. The Morgan fingerprint density at radius 2 is 1.96 bits per heavy atom. The van der Waals surface area contributed by atoms with Gasteiger partial charge in [-0.1, -0.05) is 11.6 Å². The molecule has 0 unspecified atom stereocenters. The van der Waals surface area contributed by atoms with Crippen LogP contribution >= 0.6 is 11.6 Å². The largest absolute Gasteiger partial charge is 0.456 e. The van der Waals surface area contributed by atoms with Crippen molar-refractivity contribution < 1.29 is 32.3 Å². The molecule has 0 atom stereocenters. The number of hydrogen-bond donors (Lipinski definition) is 1. The van der Waals surface area contributed by atoms with E-state index in [0.717, 1.165) is 4.90 Å². The minimum absolute atomic E-state index is 0.00740. The van der Waals surface area contributed by atoms with E-state index in [-0.39, 0.29) is 31.0 Å². The van der Waals surface area contributed by atoms with Gasteiger partial charge in [0.25, 0.3) is 5.91 Å². The van der Waals surface area contributed by atoms with Gasteiger partial charge in [-0.05, 0) is 24.3 Å². The van der Waals surface area contributed by atoms with E-state index in [9.17, 15) is 22.8 Å². The number of cyclic esters (lactones) is 1. The van der Waals surface area contributed by atoms with E-state index in [1.807, 2.05) is 0 Å². The van der Waals surface area contributed by atoms with Crippen molar-refractivity contribution in [1.82, 2.24) is 9.62 Å². The Hall–Kier alpha value is -2.17. The second-order valence-electron chi connectivity index (χ2n) is 4.92. The fraction of sp³-hybridized carbons (Fsp3) is 0.357. The maximum absolute atomic E-state index is 12.0. The van der Waals surface area contributed by atoms with Gasteiger partial charge in [0.1, 0.15) is 6.61 Å². The topological polar surface area (TPSA) is 119 Å². The molecular formula is C14H15ClN2O7S. The van der Waals surface area contributed by atoms with Crippen LogP contribution in [-0.2, 0) is 29.1 Å². The second kappa shape index (κ2) is 8.28. The fourth-order valence-corrected chi connectivity index (χ4v) is 3.05. The number of imide groups is 1. The van der Waals surface area contributed by atoms with Gasteiger partial charge in [-0.25, -0.2) is 22.8 Å². The van der Waals surface area contributed by atoms with Crippen LogP contribution in [0.2, 0.25) is 5.02 Å². The van der Waals surface area contributed by atoms with Crippen molar-refractivity contribution in [2.45, 2.75) is 11.3 Å². The van der Waals surface area contributed by atoms with Crippen LogP contribution in [0.15, 0.2) is 29.2 Å². The molecule has 2 amide bonds. The maximum Gasteiger partial charge on any atom is 0.416 e. The average molecular weight is 391 g/mol. The summed E-state index contributed by atoms with van der Waals surface area (Å²) in [5.74, 6) is -1.47. The van der Waals surface area contributed by atoms with Crippen LogP contribution in [-0.4, -0.2) is 57.6 Å². The normalized spacial score (nSPS) is 14.3. The standard InChI is InChI=1S/C14H15ClN2O7S/c15-10-1-3-11(4-2-10)25(21,22)16-6-5-13(19)24-9-12(18)17-7-8-23-14(17)20/h1-4,16H,5-9H2. The lowest BCUT2D eigenvalue weighted by Crippen LogP contribution is -2.35. The molecule has 1 aromatic rings. The third-order valence-electron chi connectivity index (χ3n) is 3.16. The Kier molecular flexibility index (Phi) is 6.34. The van der Waals surface area contributed by atoms with E-state index in [0.29, 0.717) is 5.02 Å². The Labute approximate surface area is 148 Å². The number of carbonyl (C=O) groups is 3. The van der Waals surface area contributed by atoms with Crippen LogP contribution in [0.3, 0.4) is 0 Å². The smallest absolute Gasteiger partial charge is 0.416 e. The van der Waals surface area contributed by atoms with E-state index < -0.39 is 34.6 Å². The predicted octanol–water partition coefficient (Wildman–Crippen LogP) is 0.530. The minimum atomic E-state index is -3.78. The molecule has 11 heteroatoms. The summed E-state index contributed by atoms with van der Waals surface area (Å²) in [5, 5.41) is 0.397. The van der Waals surface area contributed by atoms with Gasteiger partial charge < -0.3 is 9.47 Å². The summed E-state index contributed by atoms with van der Waals surface area (Å²) in [6.45, 7) is -0.608. The number of carbonyl (C=O) groups excluding carboxylic acids is 3. The van der Waals surface area contributed by atoms with Gasteiger partial charge in [-0.15, -0.1) is 0 Å². The first-order chi connectivity index (χ1) is 11.8. The molecule has 0 saturated carbocycles. The second-order valence-corrected chi connectivity index (χ2v) is 7.13. The zero-order valence-electron chi connectivity index (χ0n) is 12.9. The van der Waals surface area contributed by atoms with Gasteiger partial charge >= 0.3 is 12.1 Å². The molecule has 0 aromatic heterocycles. The summed E-state index contributed by atoms with van der Waals surface area (Å²) in [4.78, 5) is 35.2. The molecule has 1 aliphatic rings. The average Bonchev–Trinajstić information content (AvgIpc) is 2.99. The summed E-state index contributed by atoms with van der Waals surface area (Å²) in [5.41, 5.74) is 0. The first-order valence-corrected chi connectivity index (χ1v) is 9.04. The van der Waals surface area contributed by atoms with Crippen LogP contribution in [0.25, 0.3) is 0 Å². The number of esters is 1. The number of amides is 2. The van der Waals surface area contributed by atoms with Crippen molar-refractivity contribution in [2.24, 2.45) is 0 Å². The number of ether oxygens (including phenoxy) is 2. The number of nitrogens with one attached hydrogen (secondary N) is 1. The monoisotopic (exact) mass is 390 g/mol. The Morgan fingerprint density at radius 1 is 1.28 bits per heavy atom. The number of benzene rings is 1. The van der Waals surface area contributed by atoms with Gasteiger partial charge in [0.05, 0.1) is 17.9 Å². The highest BCUT2D eigenvalue weighted by Gasteiger charge is 2.28.